The molecule has 30 heavy (non-hydrogen) atoms. The van der Waals surface area contributed by atoms with Crippen LogP contribution in [0.15, 0.2) is 53.4 Å². The molecule has 2 aromatic carbocycles. The fourth-order valence-electron chi connectivity index (χ4n) is 3.00. The molecule has 0 unspecified atom stereocenters. The van der Waals surface area contributed by atoms with E-state index in [2.05, 4.69) is 15.4 Å². The van der Waals surface area contributed by atoms with Crippen LogP contribution in [0.25, 0.3) is 0 Å². The van der Waals surface area contributed by atoms with Gasteiger partial charge in [-0.3, -0.25) is 9.59 Å². The molecule has 0 aromatic heterocycles. The van der Waals surface area contributed by atoms with Crippen LogP contribution in [0.3, 0.4) is 0 Å². The van der Waals surface area contributed by atoms with Gasteiger partial charge in [-0.25, -0.2) is 13.1 Å². The Hall–Kier alpha value is -2.75. The summed E-state index contributed by atoms with van der Waals surface area (Å²) in [4.78, 5) is 24.1. The molecule has 160 valence electrons. The highest BCUT2D eigenvalue weighted by Gasteiger charge is 2.20. The van der Waals surface area contributed by atoms with E-state index in [0.29, 0.717) is 30.0 Å². The summed E-state index contributed by atoms with van der Waals surface area (Å²) in [5.74, 6) is -0.507. The highest BCUT2D eigenvalue weighted by atomic mass is 32.2. The third-order valence-electron chi connectivity index (χ3n) is 4.68. The Bertz CT molecular complexity index is 1000. The van der Waals surface area contributed by atoms with E-state index in [1.54, 1.807) is 31.2 Å². The fourth-order valence-corrected chi connectivity index (χ4v) is 4.07. The van der Waals surface area contributed by atoms with Crippen LogP contribution in [0.2, 0.25) is 0 Å². The van der Waals surface area contributed by atoms with E-state index < -0.39 is 10.0 Å². The van der Waals surface area contributed by atoms with E-state index in [9.17, 15) is 18.0 Å². The standard InChI is InChI=1S/C21H25N3O5S/c1-2-20(25)23-17-6-3-5-15(13-17)21(26)24-16-8-10-19(11-9-16)30(27,28)22-14-18-7-4-12-29-18/h3,5-6,8-11,13,18,22H,2,4,7,12,14H2,1H3,(H,23,25)(H,24,26)/t18-/m0/s1. The van der Waals surface area contributed by atoms with Gasteiger partial charge in [0.05, 0.1) is 11.0 Å². The first-order chi connectivity index (χ1) is 14.4. The summed E-state index contributed by atoms with van der Waals surface area (Å²) in [6.45, 7) is 2.65. The molecule has 0 radical (unpaired) electrons. The second kappa shape index (κ2) is 9.84. The highest BCUT2D eigenvalue weighted by molar-refractivity contribution is 7.89. The van der Waals surface area contributed by atoms with Crippen molar-refractivity contribution in [3.63, 3.8) is 0 Å². The maximum absolute atomic E-state index is 12.5. The van der Waals surface area contributed by atoms with E-state index in [1.807, 2.05) is 0 Å². The number of hydrogen-bond acceptors (Lipinski definition) is 5. The third-order valence-corrected chi connectivity index (χ3v) is 6.12. The van der Waals surface area contributed by atoms with Crippen LogP contribution in [0.5, 0.6) is 0 Å². The lowest BCUT2D eigenvalue weighted by Gasteiger charge is -2.12. The van der Waals surface area contributed by atoms with Crippen molar-refractivity contribution >= 4 is 33.2 Å². The summed E-state index contributed by atoms with van der Waals surface area (Å²) < 4.78 is 32.8. The molecule has 2 amide bonds. The minimum absolute atomic E-state index is 0.0868. The van der Waals surface area contributed by atoms with Crippen molar-refractivity contribution in [2.75, 3.05) is 23.8 Å². The molecule has 1 saturated heterocycles. The SMILES string of the molecule is CCC(=O)Nc1cccc(C(=O)Nc2ccc(S(=O)(=O)NC[C@@H]3CCCO3)cc2)c1. The highest BCUT2D eigenvalue weighted by Crippen LogP contribution is 2.17. The number of sulfonamides is 1. The molecular weight excluding hydrogens is 406 g/mol. The topological polar surface area (TPSA) is 114 Å². The van der Waals surface area contributed by atoms with E-state index in [1.165, 1.54) is 24.3 Å². The van der Waals surface area contributed by atoms with Crippen LogP contribution in [-0.2, 0) is 19.6 Å². The largest absolute Gasteiger partial charge is 0.377 e. The molecule has 1 atom stereocenters. The summed E-state index contributed by atoms with van der Waals surface area (Å²) >= 11 is 0. The number of amides is 2. The van der Waals surface area contributed by atoms with E-state index in [4.69, 9.17) is 4.74 Å². The van der Waals surface area contributed by atoms with Gasteiger partial charge < -0.3 is 15.4 Å². The van der Waals surface area contributed by atoms with Gasteiger partial charge >= 0.3 is 0 Å². The second-order valence-electron chi connectivity index (χ2n) is 6.95. The second-order valence-corrected chi connectivity index (χ2v) is 8.71. The Morgan fingerprint density at radius 1 is 1.07 bits per heavy atom. The van der Waals surface area contributed by atoms with Gasteiger partial charge in [-0.05, 0) is 55.3 Å². The first-order valence-electron chi connectivity index (χ1n) is 9.80. The minimum atomic E-state index is -3.65. The maximum Gasteiger partial charge on any atom is 0.255 e. The lowest BCUT2D eigenvalue weighted by molar-refractivity contribution is -0.115. The zero-order valence-electron chi connectivity index (χ0n) is 16.7. The summed E-state index contributed by atoms with van der Waals surface area (Å²) in [6.07, 6.45) is 2.04. The molecule has 3 N–H and O–H groups in total. The smallest absolute Gasteiger partial charge is 0.255 e. The van der Waals surface area contributed by atoms with Gasteiger partial charge in [0.2, 0.25) is 15.9 Å². The molecule has 0 aliphatic carbocycles. The van der Waals surface area contributed by atoms with Crippen LogP contribution in [0, 0.1) is 0 Å². The Balaban J connectivity index is 1.61. The lowest BCUT2D eigenvalue weighted by atomic mass is 10.1. The van der Waals surface area contributed by atoms with Gasteiger partial charge in [0, 0.05) is 36.5 Å². The van der Waals surface area contributed by atoms with Gasteiger partial charge in [0.1, 0.15) is 0 Å². The van der Waals surface area contributed by atoms with Crippen molar-refractivity contribution < 1.29 is 22.7 Å². The number of benzene rings is 2. The number of nitrogens with one attached hydrogen (secondary N) is 3. The monoisotopic (exact) mass is 431 g/mol. The van der Waals surface area contributed by atoms with Crippen molar-refractivity contribution in [3.8, 4) is 0 Å². The van der Waals surface area contributed by atoms with Crippen molar-refractivity contribution in [3.05, 3.63) is 54.1 Å². The maximum atomic E-state index is 12.5. The molecule has 1 aliphatic heterocycles. The van der Waals surface area contributed by atoms with Crippen molar-refractivity contribution in [2.24, 2.45) is 0 Å². The van der Waals surface area contributed by atoms with Crippen molar-refractivity contribution in [1.29, 1.82) is 0 Å². The fraction of sp³-hybridized carbons (Fsp3) is 0.333. The van der Waals surface area contributed by atoms with Gasteiger partial charge in [0.15, 0.2) is 0 Å². The normalized spacial score (nSPS) is 16.2. The molecule has 8 nitrogen and oxygen atoms in total. The molecule has 1 aliphatic rings. The quantitative estimate of drug-likeness (QED) is 0.595. The Kier molecular flexibility index (Phi) is 7.20. The van der Waals surface area contributed by atoms with Gasteiger partial charge in [-0.15, -0.1) is 0 Å². The average Bonchev–Trinajstić information content (AvgIpc) is 3.26. The van der Waals surface area contributed by atoms with Gasteiger partial charge in [-0.1, -0.05) is 13.0 Å². The van der Waals surface area contributed by atoms with E-state index in [0.717, 1.165) is 12.8 Å². The molecule has 0 saturated carbocycles. The summed E-state index contributed by atoms with van der Waals surface area (Å²) in [5, 5.41) is 5.43. The third kappa shape index (κ3) is 5.88. The van der Waals surface area contributed by atoms with E-state index >= 15 is 0 Å². The molecule has 3 rings (SSSR count). The van der Waals surface area contributed by atoms with Gasteiger partial charge in [-0.2, -0.15) is 0 Å². The first-order valence-corrected chi connectivity index (χ1v) is 11.3. The van der Waals surface area contributed by atoms with Crippen molar-refractivity contribution in [1.82, 2.24) is 4.72 Å². The Morgan fingerprint density at radius 2 is 1.83 bits per heavy atom. The predicted molar refractivity (Wildman–Crippen MR) is 114 cm³/mol. The molecule has 9 heteroatoms. The summed E-state index contributed by atoms with van der Waals surface area (Å²) in [7, 11) is -3.65. The minimum Gasteiger partial charge on any atom is -0.377 e. The Morgan fingerprint density at radius 3 is 2.50 bits per heavy atom. The van der Waals surface area contributed by atoms with Crippen molar-refractivity contribution in [2.45, 2.75) is 37.2 Å². The predicted octanol–water partition coefficient (Wildman–Crippen LogP) is 2.74. The molecule has 0 bridgehead atoms. The van der Waals surface area contributed by atoms with E-state index in [-0.39, 0.29) is 29.4 Å². The zero-order chi connectivity index (χ0) is 21.6. The average molecular weight is 432 g/mol. The lowest BCUT2D eigenvalue weighted by Crippen LogP contribution is -2.31. The number of hydrogen-bond donors (Lipinski definition) is 3. The number of anilines is 2. The number of ether oxygens (including phenoxy) is 1. The number of carbonyl (C=O) groups excluding carboxylic acids is 2. The van der Waals surface area contributed by atoms with Crippen LogP contribution in [0.1, 0.15) is 36.5 Å². The number of carbonyl (C=O) groups is 2. The molecule has 0 spiro atoms. The van der Waals surface area contributed by atoms with Crippen LogP contribution < -0.4 is 15.4 Å². The summed E-state index contributed by atoms with van der Waals surface area (Å²) in [5.41, 5.74) is 1.37. The molecule has 1 heterocycles. The Labute approximate surface area is 176 Å². The molecule has 1 fully saturated rings. The van der Waals surface area contributed by atoms with Crippen LogP contribution in [-0.4, -0.2) is 39.5 Å². The van der Waals surface area contributed by atoms with Gasteiger partial charge in [0.25, 0.3) is 5.91 Å². The van der Waals surface area contributed by atoms with Crippen LogP contribution >= 0.6 is 0 Å². The van der Waals surface area contributed by atoms with Crippen LogP contribution in [0.4, 0.5) is 11.4 Å². The first kappa shape index (κ1) is 21.9. The summed E-state index contributed by atoms with van der Waals surface area (Å²) in [6, 6.07) is 12.5. The molecule has 2 aromatic rings. The number of rotatable bonds is 8. The molecular formula is C21H25N3O5S. The zero-order valence-corrected chi connectivity index (χ0v) is 17.5.